The van der Waals surface area contributed by atoms with Crippen LogP contribution in [-0.2, 0) is 10.0 Å². The van der Waals surface area contributed by atoms with Crippen molar-refractivity contribution >= 4 is 27.3 Å². The standard InChI is InChI=1S/C12H16ClF3N2O2S/c1-3-4-18(7-12(14,15)16)21(19,20)11-6-9(13)5-10(17)8(11)2/h5-6H,3-4,7,17H2,1-2H3. The van der Waals surface area contributed by atoms with Gasteiger partial charge in [-0.2, -0.15) is 17.5 Å². The maximum absolute atomic E-state index is 12.6. The van der Waals surface area contributed by atoms with Crippen LogP contribution in [-0.4, -0.2) is 32.0 Å². The fourth-order valence-electron chi connectivity index (χ4n) is 1.81. The lowest BCUT2D eigenvalue weighted by Crippen LogP contribution is -2.39. The van der Waals surface area contributed by atoms with E-state index in [0.717, 1.165) is 6.07 Å². The van der Waals surface area contributed by atoms with Gasteiger partial charge in [0.25, 0.3) is 0 Å². The monoisotopic (exact) mass is 344 g/mol. The van der Waals surface area contributed by atoms with Crippen molar-refractivity contribution in [2.24, 2.45) is 0 Å². The van der Waals surface area contributed by atoms with Gasteiger partial charge in [-0.1, -0.05) is 18.5 Å². The summed E-state index contributed by atoms with van der Waals surface area (Å²) in [6.07, 6.45) is -4.37. The number of alkyl halides is 3. The molecule has 0 aliphatic rings. The van der Waals surface area contributed by atoms with Crippen LogP contribution in [0.25, 0.3) is 0 Å². The second kappa shape index (κ2) is 6.41. The third kappa shape index (κ3) is 4.49. The molecule has 0 aliphatic carbocycles. The number of rotatable bonds is 5. The molecule has 0 saturated carbocycles. The molecule has 0 saturated heterocycles. The summed E-state index contributed by atoms with van der Waals surface area (Å²) in [5, 5.41) is 0.0557. The fourth-order valence-corrected chi connectivity index (χ4v) is 3.90. The highest BCUT2D eigenvalue weighted by atomic mass is 35.5. The Labute approximate surface area is 126 Å². The number of nitrogen functional groups attached to an aromatic ring is 1. The van der Waals surface area contributed by atoms with Gasteiger partial charge >= 0.3 is 6.18 Å². The van der Waals surface area contributed by atoms with Crippen molar-refractivity contribution in [3.63, 3.8) is 0 Å². The molecule has 1 aromatic carbocycles. The number of nitrogens with zero attached hydrogens (tertiary/aromatic N) is 1. The molecule has 1 rings (SSSR count). The average molecular weight is 345 g/mol. The summed E-state index contributed by atoms with van der Waals surface area (Å²) in [4.78, 5) is -0.301. The lowest BCUT2D eigenvalue weighted by molar-refractivity contribution is -0.136. The van der Waals surface area contributed by atoms with E-state index < -0.39 is 22.7 Å². The predicted molar refractivity (Wildman–Crippen MR) is 75.7 cm³/mol. The minimum atomic E-state index is -4.62. The van der Waals surface area contributed by atoms with Gasteiger partial charge in [0.05, 0.1) is 4.90 Å². The highest BCUT2D eigenvalue weighted by Gasteiger charge is 2.37. The molecule has 4 nitrogen and oxygen atoms in total. The van der Waals surface area contributed by atoms with E-state index in [1.807, 2.05) is 0 Å². The van der Waals surface area contributed by atoms with E-state index in [1.165, 1.54) is 13.0 Å². The van der Waals surface area contributed by atoms with Crippen molar-refractivity contribution in [2.45, 2.75) is 31.3 Å². The zero-order valence-electron chi connectivity index (χ0n) is 11.5. The summed E-state index contributed by atoms with van der Waals surface area (Å²) in [7, 11) is -4.32. The van der Waals surface area contributed by atoms with E-state index in [-0.39, 0.29) is 34.1 Å². The molecule has 9 heteroatoms. The number of hydrogen-bond donors (Lipinski definition) is 1. The minimum absolute atomic E-state index is 0.0557. The number of benzene rings is 1. The average Bonchev–Trinajstić information content (AvgIpc) is 2.31. The molecule has 0 bridgehead atoms. The first kappa shape index (κ1) is 18.1. The van der Waals surface area contributed by atoms with Gasteiger partial charge in [0.1, 0.15) is 6.54 Å². The Morgan fingerprint density at radius 3 is 2.38 bits per heavy atom. The highest BCUT2D eigenvalue weighted by Crippen LogP contribution is 2.30. The number of halogens is 4. The Morgan fingerprint density at radius 1 is 1.33 bits per heavy atom. The van der Waals surface area contributed by atoms with Gasteiger partial charge in [-0.05, 0) is 31.0 Å². The first-order valence-corrected chi connectivity index (χ1v) is 7.93. The molecule has 0 amide bonds. The van der Waals surface area contributed by atoms with Gasteiger partial charge in [0.15, 0.2) is 0 Å². The molecular weight excluding hydrogens is 329 g/mol. The Balaban J connectivity index is 3.36. The van der Waals surface area contributed by atoms with Crippen LogP contribution < -0.4 is 5.73 Å². The van der Waals surface area contributed by atoms with Crippen molar-refractivity contribution in [1.82, 2.24) is 4.31 Å². The summed E-state index contributed by atoms with van der Waals surface area (Å²) in [6, 6.07) is 2.46. The van der Waals surface area contributed by atoms with Gasteiger partial charge in [-0.15, -0.1) is 0 Å². The molecular formula is C12H16ClF3N2O2S. The van der Waals surface area contributed by atoms with E-state index in [0.29, 0.717) is 4.31 Å². The molecule has 0 atom stereocenters. The molecule has 0 unspecified atom stereocenters. The zero-order chi connectivity index (χ0) is 16.4. The Hall–Kier alpha value is -0.990. The third-order valence-electron chi connectivity index (χ3n) is 2.81. The van der Waals surface area contributed by atoms with Crippen LogP contribution in [0, 0.1) is 6.92 Å². The topological polar surface area (TPSA) is 63.4 Å². The van der Waals surface area contributed by atoms with E-state index >= 15 is 0 Å². The zero-order valence-corrected chi connectivity index (χ0v) is 13.1. The first-order chi connectivity index (χ1) is 9.49. The Morgan fingerprint density at radius 2 is 1.90 bits per heavy atom. The molecule has 0 aromatic heterocycles. The molecule has 0 aliphatic heterocycles. The highest BCUT2D eigenvalue weighted by molar-refractivity contribution is 7.89. The Bertz CT molecular complexity index is 618. The third-order valence-corrected chi connectivity index (χ3v) is 5.00. The molecule has 120 valence electrons. The maximum Gasteiger partial charge on any atom is 0.402 e. The van der Waals surface area contributed by atoms with Crippen LogP contribution in [0.1, 0.15) is 18.9 Å². The van der Waals surface area contributed by atoms with Crippen molar-refractivity contribution in [2.75, 3.05) is 18.8 Å². The van der Waals surface area contributed by atoms with Crippen LogP contribution in [0.2, 0.25) is 5.02 Å². The SMILES string of the molecule is CCCN(CC(F)(F)F)S(=O)(=O)c1cc(Cl)cc(N)c1C. The van der Waals surface area contributed by atoms with Crippen LogP contribution in [0.3, 0.4) is 0 Å². The molecule has 0 spiro atoms. The van der Waals surface area contributed by atoms with Gasteiger partial charge in [0, 0.05) is 17.3 Å². The van der Waals surface area contributed by atoms with Gasteiger partial charge < -0.3 is 5.73 Å². The van der Waals surface area contributed by atoms with Crippen molar-refractivity contribution < 1.29 is 21.6 Å². The summed E-state index contributed by atoms with van der Waals surface area (Å²) in [6.45, 7) is 1.23. The second-order valence-corrected chi connectivity index (χ2v) is 6.91. The largest absolute Gasteiger partial charge is 0.402 e. The normalized spacial score (nSPS) is 12.9. The van der Waals surface area contributed by atoms with E-state index in [9.17, 15) is 21.6 Å². The van der Waals surface area contributed by atoms with Gasteiger partial charge in [-0.25, -0.2) is 8.42 Å². The number of anilines is 1. The molecule has 0 heterocycles. The van der Waals surface area contributed by atoms with Crippen LogP contribution in [0.5, 0.6) is 0 Å². The summed E-state index contributed by atoms with van der Waals surface area (Å²) in [5.41, 5.74) is 5.93. The number of hydrogen-bond acceptors (Lipinski definition) is 3. The lowest BCUT2D eigenvalue weighted by atomic mass is 10.2. The molecule has 0 fully saturated rings. The van der Waals surface area contributed by atoms with E-state index in [2.05, 4.69) is 0 Å². The van der Waals surface area contributed by atoms with E-state index in [1.54, 1.807) is 6.92 Å². The number of sulfonamides is 1. The first-order valence-electron chi connectivity index (χ1n) is 6.11. The van der Waals surface area contributed by atoms with Crippen LogP contribution in [0.15, 0.2) is 17.0 Å². The second-order valence-electron chi connectivity index (χ2n) is 4.57. The minimum Gasteiger partial charge on any atom is -0.398 e. The fraction of sp³-hybridized carbons (Fsp3) is 0.500. The van der Waals surface area contributed by atoms with Gasteiger partial charge in [0.2, 0.25) is 10.0 Å². The molecule has 0 radical (unpaired) electrons. The number of nitrogens with two attached hydrogens (primary N) is 1. The molecule has 1 aromatic rings. The lowest BCUT2D eigenvalue weighted by Gasteiger charge is -2.24. The maximum atomic E-state index is 12.6. The summed E-state index contributed by atoms with van der Waals surface area (Å²) in [5.74, 6) is 0. The quantitative estimate of drug-likeness (QED) is 0.834. The van der Waals surface area contributed by atoms with Crippen molar-refractivity contribution in [3.8, 4) is 0 Å². The van der Waals surface area contributed by atoms with E-state index in [4.69, 9.17) is 17.3 Å². The van der Waals surface area contributed by atoms with Crippen molar-refractivity contribution in [1.29, 1.82) is 0 Å². The molecule has 21 heavy (non-hydrogen) atoms. The van der Waals surface area contributed by atoms with Crippen LogP contribution in [0.4, 0.5) is 18.9 Å². The summed E-state index contributed by atoms with van der Waals surface area (Å²) < 4.78 is 63.0. The smallest absolute Gasteiger partial charge is 0.398 e. The van der Waals surface area contributed by atoms with Crippen molar-refractivity contribution in [3.05, 3.63) is 22.7 Å². The summed E-state index contributed by atoms with van der Waals surface area (Å²) >= 11 is 5.76. The predicted octanol–water partition coefficient (Wildman–Crippen LogP) is 3.19. The van der Waals surface area contributed by atoms with Crippen LogP contribution >= 0.6 is 11.6 Å². The Kier molecular flexibility index (Phi) is 5.51. The van der Waals surface area contributed by atoms with Gasteiger partial charge in [-0.3, -0.25) is 0 Å². The molecule has 2 N–H and O–H groups in total.